The molecule has 124 valence electrons. The number of rotatable bonds is 7. The monoisotopic (exact) mass is 320 g/mol. The number of carboxylic acid groups (broad SMARTS) is 1. The van der Waals surface area contributed by atoms with Gasteiger partial charge in [0.15, 0.2) is 0 Å². The van der Waals surface area contributed by atoms with Gasteiger partial charge in [-0.05, 0) is 37.1 Å². The van der Waals surface area contributed by atoms with Gasteiger partial charge in [-0.1, -0.05) is 0 Å². The maximum Gasteiger partial charge on any atom is 0.303 e. The maximum absolute atomic E-state index is 12.0. The molecule has 1 heterocycles. The maximum atomic E-state index is 12.0. The molecule has 23 heavy (non-hydrogen) atoms. The van der Waals surface area contributed by atoms with Gasteiger partial charge in [0.25, 0.3) is 5.91 Å². The number of carboxylic acids is 1. The van der Waals surface area contributed by atoms with Gasteiger partial charge in [0.2, 0.25) is 5.91 Å². The first-order chi connectivity index (χ1) is 11.0. The number of benzene rings is 1. The summed E-state index contributed by atoms with van der Waals surface area (Å²) in [5.74, 6) is -1.58. The van der Waals surface area contributed by atoms with E-state index in [1.807, 2.05) is 0 Å². The predicted octanol–water partition coefficient (Wildman–Crippen LogP) is 1.40. The first-order valence-electron chi connectivity index (χ1n) is 7.56. The molecule has 1 aliphatic heterocycles. The van der Waals surface area contributed by atoms with E-state index in [2.05, 4.69) is 10.6 Å². The summed E-state index contributed by atoms with van der Waals surface area (Å²) in [4.78, 5) is 33.9. The number of nitrogens with one attached hydrogen (secondary N) is 2. The molecule has 1 atom stereocenters. The quantitative estimate of drug-likeness (QED) is 0.704. The van der Waals surface area contributed by atoms with Crippen LogP contribution in [0.5, 0.6) is 0 Å². The second-order valence-corrected chi connectivity index (χ2v) is 5.36. The highest BCUT2D eigenvalue weighted by atomic mass is 16.5. The minimum atomic E-state index is -1.02. The Bertz CT molecular complexity index is 564. The number of amides is 2. The van der Waals surface area contributed by atoms with E-state index in [1.165, 1.54) is 0 Å². The van der Waals surface area contributed by atoms with Gasteiger partial charge in [-0.2, -0.15) is 0 Å². The number of hydrogen-bond donors (Lipinski definition) is 3. The molecule has 1 saturated heterocycles. The van der Waals surface area contributed by atoms with Gasteiger partial charge < -0.3 is 20.5 Å². The van der Waals surface area contributed by atoms with Gasteiger partial charge in [-0.15, -0.1) is 0 Å². The Hall–Kier alpha value is -2.41. The molecule has 0 aromatic heterocycles. The number of carbonyl (C=O) groups is 3. The van der Waals surface area contributed by atoms with Crippen molar-refractivity contribution < 1.29 is 24.2 Å². The molecular weight excluding hydrogens is 300 g/mol. The Morgan fingerprint density at radius 3 is 2.52 bits per heavy atom. The summed E-state index contributed by atoms with van der Waals surface area (Å²) in [7, 11) is 0. The Morgan fingerprint density at radius 2 is 1.91 bits per heavy atom. The summed E-state index contributed by atoms with van der Waals surface area (Å²) in [6.07, 6.45) is 1.78. The predicted molar refractivity (Wildman–Crippen MR) is 83.2 cm³/mol. The van der Waals surface area contributed by atoms with E-state index in [9.17, 15) is 14.4 Å². The van der Waals surface area contributed by atoms with Crippen LogP contribution in [0.1, 0.15) is 36.0 Å². The largest absolute Gasteiger partial charge is 0.481 e. The van der Waals surface area contributed by atoms with Crippen LogP contribution in [-0.2, 0) is 14.3 Å². The molecule has 0 radical (unpaired) electrons. The number of ether oxygens (including phenoxy) is 1. The SMILES string of the molecule is O=C(O)CCC(=O)Nc1ccc(C(=O)NC[C@H]2CCCO2)cc1. The van der Waals surface area contributed by atoms with Crippen molar-refractivity contribution in [2.45, 2.75) is 31.8 Å². The summed E-state index contributed by atoms with van der Waals surface area (Å²) in [5.41, 5.74) is 1.02. The van der Waals surface area contributed by atoms with Gasteiger partial charge >= 0.3 is 5.97 Å². The molecule has 0 aliphatic carbocycles. The van der Waals surface area contributed by atoms with Crippen molar-refractivity contribution in [2.24, 2.45) is 0 Å². The van der Waals surface area contributed by atoms with Crippen molar-refractivity contribution in [3.8, 4) is 0 Å². The van der Waals surface area contributed by atoms with Crippen LogP contribution in [0.15, 0.2) is 24.3 Å². The van der Waals surface area contributed by atoms with Crippen LogP contribution in [0.2, 0.25) is 0 Å². The van der Waals surface area contributed by atoms with Crippen molar-refractivity contribution >= 4 is 23.5 Å². The van der Waals surface area contributed by atoms with E-state index in [4.69, 9.17) is 9.84 Å². The molecule has 2 amide bonds. The smallest absolute Gasteiger partial charge is 0.303 e. The lowest BCUT2D eigenvalue weighted by molar-refractivity contribution is -0.138. The molecule has 1 aromatic rings. The molecule has 3 N–H and O–H groups in total. The Morgan fingerprint density at radius 1 is 1.17 bits per heavy atom. The zero-order valence-electron chi connectivity index (χ0n) is 12.7. The van der Waals surface area contributed by atoms with Crippen LogP contribution in [0.25, 0.3) is 0 Å². The first-order valence-corrected chi connectivity index (χ1v) is 7.56. The van der Waals surface area contributed by atoms with Gasteiger partial charge in [0.1, 0.15) is 0 Å². The lowest BCUT2D eigenvalue weighted by Gasteiger charge is -2.11. The Labute approximate surface area is 134 Å². The van der Waals surface area contributed by atoms with Crippen molar-refractivity contribution in [2.75, 3.05) is 18.5 Å². The topological polar surface area (TPSA) is 105 Å². The third-order valence-electron chi connectivity index (χ3n) is 3.51. The molecular formula is C16H20N2O5. The molecule has 2 rings (SSSR count). The van der Waals surface area contributed by atoms with Crippen LogP contribution in [0.4, 0.5) is 5.69 Å². The summed E-state index contributed by atoms with van der Waals surface area (Å²) in [6.45, 7) is 1.24. The highest BCUT2D eigenvalue weighted by molar-refractivity contribution is 5.96. The van der Waals surface area contributed by atoms with Crippen molar-refractivity contribution in [1.29, 1.82) is 0 Å². The second kappa shape index (κ2) is 8.28. The molecule has 1 aliphatic rings. The van der Waals surface area contributed by atoms with Crippen LogP contribution in [-0.4, -0.2) is 42.1 Å². The minimum absolute atomic E-state index is 0.0844. The van der Waals surface area contributed by atoms with Crippen LogP contribution < -0.4 is 10.6 Å². The highest BCUT2D eigenvalue weighted by Gasteiger charge is 2.16. The summed E-state index contributed by atoms with van der Waals surface area (Å²) < 4.78 is 5.44. The molecule has 0 bridgehead atoms. The number of carbonyl (C=O) groups excluding carboxylic acids is 2. The zero-order chi connectivity index (χ0) is 16.7. The third-order valence-corrected chi connectivity index (χ3v) is 3.51. The number of aliphatic carboxylic acids is 1. The average Bonchev–Trinajstić information content (AvgIpc) is 3.05. The van der Waals surface area contributed by atoms with E-state index < -0.39 is 5.97 Å². The van der Waals surface area contributed by atoms with Gasteiger partial charge in [-0.25, -0.2) is 0 Å². The lowest BCUT2D eigenvalue weighted by Crippen LogP contribution is -2.31. The highest BCUT2D eigenvalue weighted by Crippen LogP contribution is 2.12. The molecule has 7 nitrogen and oxygen atoms in total. The third kappa shape index (κ3) is 5.71. The van der Waals surface area contributed by atoms with Crippen LogP contribution >= 0.6 is 0 Å². The molecule has 0 spiro atoms. The zero-order valence-corrected chi connectivity index (χ0v) is 12.7. The molecule has 7 heteroatoms. The lowest BCUT2D eigenvalue weighted by atomic mass is 10.1. The van der Waals surface area contributed by atoms with E-state index >= 15 is 0 Å². The first kappa shape index (κ1) is 17.0. The average molecular weight is 320 g/mol. The van der Waals surface area contributed by atoms with E-state index in [0.717, 1.165) is 19.4 Å². The van der Waals surface area contributed by atoms with Crippen molar-refractivity contribution in [3.05, 3.63) is 29.8 Å². The minimum Gasteiger partial charge on any atom is -0.481 e. The van der Waals surface area contributed by atoms with E-state index in [0.29, 0.717) is 17.8 Å². The molecule has 1 aromatic carbocycles. The fraction of sp³-hybridized carbons (Fsp3) is 0.438. The molecule has 1 fully saturated rings. The van der Waals surface area contributed by atoms with E-state index in [1.54, 1.807) is 24.3 Å². The fourth-order valence-electron chi connectivity index (χ4n) is 2.26. The van der Waals surface area contributed by atoms with Crippen molar-refractivity contribution in [3.63, 3.8) is 0 Å². The summed E-state index contributed by atoms with van der Waals surface area (Å²) in [5, 5.41) is 13.9. The van der Waals surface area contributed by atoms with Crippen LogP contribution in [0.3, 0.4) is 0 Å². The summed E-state index contributed by atoms with van der Waals surface area (Å²) in [6, 6.07) is 6.44. The van der Waals surface area contributed by atoms with E-state index in [-0.39, 0.29) is 30.8 Å². The standard InChI is InChI=1S/C16H20N2O5/c19-14(7-8-15(20)21)18-12-5-3-11(4-6-12)16(22)17-10-13-2-1-9-23-13/h3-6,13H,1-2,7-10H2,(H,17,22)(H,18,19)(H,20,21)/t13-/m1/s1. The molecule has 0 unspecified atom stereocenters. The number of anilines is 1. The normalized spacial score (nSPS) is 16.8. The second-order valence-electron chi connectivity index (χ2n) is 5.36. The van der Waals surface area contributed by atoms with Gasteiger partial charge in [0.05, 0.1) is 12.5 Å². The number of hydrogen-bond acceptors (Lipinski definition) is 4. The van der Waals surface area contributed by atoms with Crippen molar-refractivity contribution in [1.82, 2.24) is 5.32 Å². The fourth-order valence-corrected chi connectivity index (χ4v) is 2.26. The van der Waals surface area contributed by atoms with Gasteiger partial charge in [-0.3, -0.25) is 14.4 Å². The molecule has 0 saturated carbocycles. The van der Waals surface area contributed by atoms with Gasteiger partial charge in [0, 0.05) is 30.8 Å². The Balaban J connectivity index is 1.79. The van der Waals surface area contributed by atoms with Crippen LogP contribution in [0, 0.1) is 0 Å². The summed E-state index contributed by atoms with van der Waals surface area (Å²) >= 11 is 0. The Kier molecular flexibility index (Phi) is 6.10.